The molecule has 1 rings (SSSR count). The van der Waals surface area contributed by atoms with E-state index in [0.717, 1.165) is 0 Å². The summed E-state index contributed by atoms with van der Waals surface area (Å²) in [4.78, 5) is 4.03. The molecule has 0 unspecified atom stereocenters. The molecule has 1 heterocycles. The highest BCUT2D eigenvalue weighted by Gasteiger charge is 2.13. The van der Waals surface area contributed by atoms with Gasteiger partial charge in [0.05, 0.1) is 0 Å². The van der Waals surface area contributed by atoms with E-state index >= 15 is 0 Å². The van der Waals surface area contributed by atoms with Crippen LogP contribution in [0.4, 0.5) is 0 Å². The number of nitrogens with zero attached hydrogens (tertiary/aromatic N) is 1. The van der Waals surface area contributed by atoms with Gasteiger partial charge in [-0.15, -0.1) is 35.3 Å². The minimum atomic E-state index is -3.38. The first-order chi connectivity index (χ1) is 8.95. The number of hydrogen-bond acceptors (Lipinski definition) is 4. The summed E-state index contributed by atoms with van der Waals surface area (Å²) < 4.78 is 26.5. The summed E-state index contributed by atoms with van der Waals surface area (Å²) in [5.74, 6) is 0.658. The molecule has 1 aromatic heterocycles. The lowest BCUT2D eigenvalue weighted by Gasteiger charge is -2.14. The van der Waals surface area contributed by atoms with E-state index in [-0.39, 0.29) is 30.0 Å². The van der Waals surface area contributed by atoms with Gasteiger partial charge in [0.1, 0.15) is 4.21 Å². The number of sulfonamides is 1. The summed E-state index contributed by atoms with van der Waals surface area (Å²) in [5, 5.41) is 7.89. The Bertz CT molecular complexity index is 501. The third-order valence-corrected chi connectivity index (χ3v) is 4.98. The average molecular weight is 432 g/mol. The van der Waals surface area contributed by atoms with E-state index in [9.17, 15) is 8.42 Å². The molecule has 9 heteroatoms. The van der Waals surface area contributed by atoms with E-state index in [1.165, 1.54) is 11.3 Å². The molecule has 1 aromatic rings. The predicted octanol–water partition coefficient (Wildman–Crippen LogP) is 1.22. The van der Waals surface area contributed by atoms with Gasteiger partial charge in [-0.1, -0.05) is 6.07 Å². The average Bonchev–Trinajstić information content (AvgIpc) is 2.87. The molecule has 0 bridgehead atoms. The monoisotopic (exact) mass is 432 g/mol. The Morgan fingerprint density at radius 1 is 1.40 bits per heavy atom. The van der Waals surface area contributed by atoms with Crippen LogP contribution >= 0.6 is 35.3 Å². The van der Waals surface area contributed by atoms with E-state index in [1.807, 2.05) is 13.8 Å². The van der Waals surface area contributed by atoms with Crippen LogP contribution in [0.5, 0.6) is 0 Å². The molecule has 0 fully saturated rings. The van der Waals surface area contributed by atoms with Crippen LogP contribution < -0.4 is 15.4 Å². The van der Waals surface area contributed by atoms with Gasteiger partial charge in [0.15, 0.2) is 5.96 Å². The molecule has 0 atom stereocenters. The largest absolute Gasteiger partial charge is 0.355 e. The summed E-state index contributed by atoms with van der Waals surface area (Å²) in [6, 6.07) is 3.57. The van der Waals surface area contributed by atoms with Gasteiger partial charge in [0, 0.05) is 26.2 Å². The van der Waals surface area contributed by atoms with Crippen molar-refractivity contribution in [2.45, 2.75) is 24.1 Å². The predicted molar refractivity (Wildman–Crippen MR) is 94.6 cm³/mol. The van der Waals surface area contributed by atoms with Crippen molar-refractivity contribution >= 4 is 51.3 Å². The molecule has 0 aliphatic carbocycles. The Hall–Kier alpha value is -0.390. The highest BCUT2D eigenvalue weighted by Crippen LogP contribution is 2.14. The van der Waals surface area contributed by atoms with Crippen LogP contribution in [0.2, 0.25) is 0 Å². The van der Waals surface area contributed by atoms with Gasteiger partial charge in [0.2, 0.25) is 10.0 Å². The van der Waals surface area contributed by atoms with E-state index in [1.54, 1.807) is 24.6 Å². The summed E-state index contributed by atoms with van der Waals surface area (Å²) >= 11 is 1.20. The summed E-state index contributed by atoms with van der Waals surface area (Å²) in [7, 11) is -1.70. The van der Waals surface area contributed by atoms with Crippen LogP contribution in [0.3, 0.4) is 0 Å². The van der Waals surface area contributed by atoms with Crippen molar-refractivity contribution in [2.75, 3.05) is 20.1 Å². The third kappa shape index (κ3) is 6.86. The number of hydrogen-bond donors (Lipinski definition) is 3. The highest BCUT2D eigenvalue weighted by molar-refractivity contribution is 14.0. The molecule has 0 amide bonds. The van der Waals surface area contributed by atoms with Gasteiger partial charge < -0.3 is 10.6 Å². The standard InChI is InChI=1S/C11H20N4O2S2.HI/c1-9(2)15-11(12-3)13-6-7-14-19(16,17)10-5-4-8-18-10;/h4-5,8-9,14H,6-7H2,1-3H3,(H2,12,13,15);1H. The number of thiophene rings is 1. The third-order valence-electron chi connectivity index (χ3n) is 2.12. The normalized spacial score (nSPS) is 12.1. The first-order valence-corrected chi connectivity index (χ1v) is 8.32. The van der Waals surface area contributed by atoms with Crippen molar-refractivity contribution in [3.05, 3.63) is 17.5 Å². The maximum Gasteiger partial charge on any atom is 0.250 e. The lowest BCUT2D eigenvalue weighted by molar-refractivity contribution is 0.582. The quantitative estimate of drug-likeness (QED) is 0.273. The molecule has 116 valence electrons. The lowest BCUT2D eigenvalue weighted by Crippen LogP contribution is -2.43. The second-order valence-corrected chi connectivity index (χ2v) is 7.07. The Morgan fingerprint density at radius 3 is 2.60 bits per heavy atom. The van der Waals surface area contributed by atoms with E-state index in [4.69, 9.17) is 0 Å². The second kappa shape index (κ2) is 9.53. The zero-order valence-electron chi connectivity index (χ0n) is 11.7. The van der Waals surface area contributed by atoms with Crippen LogP contribution in [0, 0.1) is 0 Å². The fraction of sp³-hybridized carbons (Fsp3) is 0.545. The van der Waals surface area contributed by atoms with Crippen molar-refractivity contribution in [2.24, 2.45) is 4.99 Å². The van der Waals surface area contributed by atoms with E-state index < -0.39 is 10.0 Å². The van der Waals surface area contributed by atoms with Crippen LogP contribution in [-0.2, 0) is 10.0 Å². The van der Waals surface area contributed by atoms with Gasteiger partial charge in [0.25, 0.3) is 0 Å². The van der Waals surface area contributed by atoms with Crippen molar-refractivity contribution in [1.82, 2.24) is 15.4 Å². The maximum atomic E-state index is 11.8. The van der Waals surface area contributed by atoms with Gasteiger partial charge in [-0.3, -0.25) is 4.99 Å². The smallest absolute Gasteiger partial charge is 0.250 e. The van der Waals surface area contributed by atoms with Gasteiger partial charge in [-0.25, -0.2) is 13.1 Å². The first kappa shape index (κ1) is 19.6. The Labute approximate surface area is 141 Å². The van der Waals surface area contributed by atoms with E-state index in [2.05, 4.69) is 20.3 Å². The van der Waals surface area contributed by atoms with Crippen LogP contribution in [0.25, 0.3) is 0 Å². The van der Waals surface area contributed by atoms with Crippen molar-refractivity contribution in [3.63, 3.8) is 0 Å². The highest BCUT2D eigenvalue weighted by atomic mass is 127. The number of aliphatic imine (C=N–C) groups is 1. The van der Waals surface area contributed by atoms with Crippen LogP contribution in [0.1, 0.15) is 13.8 Å². The fourth-order valence-electron chi connectivity index (χ4n) is 1.32. The molecule has 20 heavy (non-hydrogen) atoms. The molecule has 0 aromatic carbocycles. The SMILES string of the molecule is CN=C(NCCNS(=O)(=O)c1cccs1)NC(C)C.I. The van der Waals surface area contributed by atoms with Crippen molar-refractivity contribution in [1.29, 1.82) is 0 Å². The Kier molecular flexibility index (Phi) is 9.34. The van der Waals surface area contributed by atoms with Gasteiger partial charge in [-0.2, -0.15) is 0 Å². The molecule has 3 N–H and O–H groups in total. The molecule has 0 spiro atoms. The van der Waals surface area contributed by atoms with Crippen LogP contribution in [-0.4, -0.2) is 40.6 Å². The molecular formula is C11H21IN4O2S2. The molecular weight excluding hydrogens is 411 g/mol. The van der Waals surface area contributed by atoms with Crippen LogP contribution in [0.15, 0.2) is 26.7 Å². The Morgan fingerprint density at radius 2 is 2.10 bits per heavy atom. The zero-order valence-corrected chi connectivity index (χ0v) is 15.7. The molecule has 0 aliphatic rings. The zero-order chi connectivity index (χ0) is 14.3. The minimum absolute atomic E-state index is 0. The number of nitrogens with one attached hydrogen (secondary N) is 3. The van der Waals surface area contributed by atoms with Crippen molar-refractivity contribution < 1.29 is 8.42 Å². The molecule has 0 aliphatic heterocycles. The molecule has 0 saturated carbocycles. The molecule has 0 radical (unpaired) electrons. The number of rotatable bonds is 6. The molecule has 6 nitrogen and oxygen atoms in total. The van der Waals surface area contributed by atoms with Gasteiger partial charge >= 0.3 is 0 Å². The maximum absolute atomic E-state index is 11.8. The topological polar surface area (TPSA) is 82.6 Å². The first-order valence-electron chi connectivity index (χ1n) is 5.96. The fourth-order valence-corrected chi connectivity index (χ4v) is 3.39. The van der Waals surface area contributed by atoms with Crippen molar-refractivity contribution in [3.8, 4) is 0 Å². The summed E-state index contributed by atoms with van der Waals surface area (Å²) in [6.45, 7) is 4.79. The lowest BCUT2D eigenvalue weighted by atomic mass is 10.4. The van der Waals surface area contributed by atoms with Gasteiger partial charge in [-0.05, 0) is 25.3 Å². The minimum Gasteiger partial charge on any atom is -0.355 e. The summed E-state index contributed by atoms with van der Waals surface area (Å²) in [6.07, 6.45) is 0. The Balaban J connectivity index is 0.00000361. The second-order valence-electron chi connectivity index (χ2n) is 4.13. The summed E-state index contributed by atoms with van der Waals surface area (Å²) in [5.41, 5.74) is 0. The van der Waals surface area contributed by atoms with E-state index in [0.29, 0.717) is 23.3 Å². The number of halogens is 1. The molecule has 0 saturated heterocycles. The number of guanidine groups is 1.